The topological polar surface area (TPSA) is 29.5 Å². The quantitative estimate of drug-likeness (QED) is 0.396. The maximum Gasteiger partial charge on any atom is 0.198 e. The van der Waals surface area contributed by atoms with Gasteiger partial charge in [0, 0.05) is 13.3 Å². The highest BCUT2D eigenvalue weighted by Crippen LogP contribution is 2.04. The minimum atomic E-state index is -0.695. The van der Waals surface area contributed by atoms with Gasteiger partial charge in [0.25, 0.3) is 0 Å². The first kappa shape index (κ1) is 10.8. The van der Waals surface area contributed by atoms with Crippen LogP contribution in [0.2, 0.25) is 0 Å². The fourth-order valence-corrected chi connectivity index (χ4v) is 0.931. The van der Waals surface area contributed by atoms with Crippen molar-refractivity contribution in [2.75, 3.05) is 0 Å². The minimum Gasteiger partial charge on any atom is -0.459 e. The molecule has 0 spiro atoms. The largest absolute Gasteiger partial charge is 0.459 e. The Balaban J connectivity index is 3.22. The van der Waals surface area contributed by atoms with Crippen LogP contribution in [-0.4, -0.2) is 16.4 Å². The Hall–Kier alpha value is -0.150. The molecule has 0 fully saturated rings. The van der Waals surface area contributed by atoms with Crippen LogP contribution in [0, 0.1) is 0 Å². The summed E-state index contributed by atoms with van der Waals surface area (Å²) in [6.45, 7) is 3.79. The summed E-state index contributed by atoms with van der Waals surface area (Å²) in [5.41, 5.74) is 0. The van der Waals surface area contributed by atoms with Gasteiger partial charge in [-0.25, -0.2) is 0 Å². The van der Waals surface area contributed by atoms with Crippen molar-refractivity contribution in [3.05, 3.63) is 0 Å². The minimum absolute atomic E-state index is 0.411. The molecule has 2 nitrogen and oxygen atoms in total. The molecule has 3 heteroatoms. The smallest absolute Gasteiger partial charge is 0.198 e. The second-order valence-corrected chi connectivity index (χ2v) is 3.13. The third-order valence-electron chi connectivity index (χ3n) is 1.36. The normalized spacial score (nSPS) is 12.6. The average Bonchev–Trinajstić information content (AvgIpc) is 1.86. The van der Waals surface area contributed by atoms with Crippen LogP contribution in [-0.2, 0) is 4.74 Å². The maximum atomic E-state index is 9.14. The molecule has 1 N–H and O–H groups in total. The van der Waals surface area contributed by atoms with E-state index in [-0.39, 0.29) is 0 Å². The standard InChI is InChI=1S/C8H16O2S/c1-3-4-5-6-8(9)10-7(2)11/h8-9H,3-6H2,1-2H3. The highest BCUT2D eigenvalue weighted by Gasteiger charge is 2.03. The van der Waals surface area contributed by atoms with Crippen LogP contribution in [0.5, 0.6) is 0 Å². The van der Waals surface area contributed by atoms with Gasteiger partial charge in [-0.2, -0.15) is 0 Å². The van der Waals surface area contributed by atoms with E-state index in [1.54, 1.807) is 6.92 Å². The second-order valence-electron chi connectivity index (χ2n) is 2.56. The Bertz CT molecular complexity index is 115. The molecule has 0 aromatic carbocycles. The van der Waals surface area contributed by atoms with Crippen LogP contribution < -0.4 is 0 Å². The van der Waals surface area contributed by atoms with E-state index in [1.165, 1.54) is 0 Å². The van der Waals surface area contributed by atoms with Gasteiger partial charge in [0.2, 0.25) is 0 Å². The van der Waals surface area contributed by atoms with Crippen molar-refractivity contribution in [3.63, 3.8) is 0 Å². The number of unbranched alkanes of at least 4 members (excludes halogenated alkanes) is 2. The molecule has 0 aromatic rings. The predicted octanol–water partition coefficient (Wildman–Crippen LogP) is 2.25. The van der Waals surface area contributed by atoms with E-state index in [0.29, 0.717) is 11.5 Å². The van der Waals surface area contributed by atoms with Crippen molar-refractivity contribution in [2.24, 2.45) is 0 Å². The molecular weight excluding hydrogens is 160 g/mol. The van der Waals surface area contributed by atoms with Gasteiger partial charge in [0.05, 0.1) is 0 Å². The summed E-state index contributed by atoms with van der Waals surface area (Å²) < 4.78 is 4.88. The van der Waals surface area contributed by atoms with Crippen LogP contribution in [0.3, 0.4) is 0 Å². The van der Waals surface area contributed by atoms with Crippen LogP contribution in [0.25, 0.3) is 0 Å². The van der Waals surface area contributed by atoms with Crippen molar-refractivity contribution in [3.8, 4) is 0 Å². The Morgan fingerprint density at radius 1 is 1.55 bits per heavy atom. The van der Waals surface area contributed by atoms with Gasteiger partial charge in [-0.05, 0) is 18.6 Å². The van der Waals surface area contributed by atoms with E-state index in [0.717, 1.165) is 19.3 Å². The molecule has 0 aliphatic rings. The van der Waals surface area contributed by atoms with Crippen LogP contribution in [0.4, 0.5) is 0 Å². The Morgan fingerprint density at radius 2 is 2.18 bits per heavy atom. The van der Waals surface area contributed by atoms with E-state index in [2.05, 4.69) is 19.1 Å². The first-order valence-corrected chi connectivity index (χ1v) is 4.43. The summed E-state index contributed by atoms with van der Waals surface area (Å²) in [6, 6.07) is 0. The van der Waals surface area contributed by atoms with Crippen LogP contribution in [0.1, 0.15) is 39.5 Å². The van der Waals surface area contributed by atoms with Gasteiger partial charge < -0.3 is 9.84 Å². The van der Waals surface area contributed by atoms with Gasteiger partial charge in [0.15, 0.2) is 11.3 Å². The number of aliphatic hydroxyl groups excluding tert-OH is 1. The molecule has 1 unspecified atom stereocenters. The average molecular weight is 176 g/mol. The molecule has 0 saturated carbocycles. The Labute approximate surface area is 73.6 Å². The zero-order valence-electron chi connectivity index (χ0n) is 7.17. The molecule has 11 heavy (non-hydrogen) atoms. The van der Waals surface area contributed by atoms with Crippen molar-refractivity contribution < 1.29 is 9.84 Å². The van der Waals surface area contributed by atoms with Crippen LogP contribution >= 0.6 is 12.2 Å². The molecule has 0 radical (unpaired) electrons. The van der Waals surface area contributed by atoms with E-state index < -0.39 is 6.29 Å². The van der Waals surface area contributed by atoms with Crippen molar-refractivity contribution in [2.45, 2.75) is 45.8 Å². The SMILES string of the molecule is CCCCCC(O)OC(C)=S. The van der Waals surface area contributed by atoms with Gasteiger partial charge in [-0.3, -0.25) is 0 Å². The summed E-state index contributed by atoms with van der Waals surface area (Å²) in [7, 11) is 0. The lowest BCUT2D eigenvalue weighted by Crippen LogP contribution is -2.13. The molecule has 1 atom stereocenters. The maximum absolute atomic E-state index is 9.14. The highest BCUT2D eigenvalue weighted by atomic mass is 32.1. The molecule has 66 valence electrons. The Kier molecular flexibility index (Phi) is 6.46. The third-order valence-corrected chi connectivity index (χ3v) is 1.45. The van der Waals surface area contributed by atoms with Gasteiger partial charge in [-0.1, -0.05) is 19.8 Å². The number of aliphatic hydroxyl groups is 1. The summed E-state index contributed by atoms with van der Waals surface area (Å²) >= 11 is 4.67. The van der Waals surface area contributed by atoms with Crippen molar-refractivity contribution >= 4 is 17.3 Å². The van der Waals surface area contributed by atoms with E-state index in [4.69, 9.17) is 9.84 Å². The Morgan fingerprint density at radius 3 is 2.64 bits per heavy atom. The van der Waals surface area contributed by atoms with Gasteiger partial charge in [-0.15, -0.1) is 0 Å². The molecule has 0 bridgehead atoms. The van der Waals surface area contributed by atoms with E-state index in [1.807, 2.05) is 0 Å². The molecule has 0 rings (SSSR count). The zero-order valence-corrected chi connectivity index (χ0v) is 7.99. The summed E-state index contributed by atoms with van der Waals surface area (Å²) in [4.78, 5) is 0. The second kappa shape index (κ2) is 6.55. The monoisotopic (exact) mass is 176 g/mol. The fourth-order valence-electron chi connectivity index (χ4n) is 0.819. The number of thiocarbonyl (C=S) groups is 1. The summed E-state index contributed by atoms with van der Waals surface area (Å²) in [6.07, 6.45) is 3.28. The first-order valence-electron chi connectivity index (χ1n) is 4.02. The van der Waals surface area contributed by atoms with Gasteiger partial charge >= 0.3 is 0 Å². The number of hydrogen-bond acceptors (Lipinski definition) is 3. The van der Waals surface area contributed by atoms with Crippen molar-refractivity contribution in [1.82, 2.24) is 0 Å². The first-order chi connectivity index (χ1) is 5.16. The number of hydrogen-bond donors (Lipinski definition) is 1. The fraction of sp³-hybridized carbons (Fsp3) is 0.875. The lowest BCUT2D eigenvalue weighted by molar-refractivity contribution is -0.0325. The number of rotatable bonds is 5. The molecule has 0 aromatic heterocycles. The highest BCUT2D eigenvalue weighted by molar-refractivity contribution is 7.80. The van der Waals surface area contributed by atoms with Crippen molar-refractivity contribution in [1.29, 1.82) is 0 Å². The van der Waals surface area contributed by atoms with E-state index in [9.17, 15) is 0 Å². The number of ether oxygens (including phenoxy) is 1. The lowest BCUT2D eigenvalue weighted by Gasteiger charge is -2.10. The molecule has 0 saturated heterocycles. The summed E-state index contributed by atoms with van der Waals surface area (Å²) in [5.74, 6) is 0. The third kappa shape index (κ3) is 7.75. The summed E-state index contributed by atoms with van der Waals surface area (Å²) in [5, 5.41) is 9.55. The molecular formula is C8H16O2S. The van der Waals surface area contributed by atoms with Gasteiger partial charge in [0.1, 0.15) is 0 Å². The molecule has 0 amide bonds. The van der Waals surface area contributed by atoms with E-state index >= 15 is 0 Å². The molecule has 0 aliphatic heterocycles. The molecule has 0 aliphatic carbocycles. The predicted molar refractivity (Wildman–Crippen MR) is 49.5 cm³/mol. The molecule has 0 heterocycles. The lowest BCUT2D eigenvalue weighted by atomic mass is 10.2. The van der Waals surface area contributed by atoms with Crippen LogP contribution in [0.15, 0.2) is 0 Å². The zero-order chi connectivity index (χ0) is 8.69.